The topological polar surface area (TPSA) is 56.5 Å². The number of hydrogen-bond acceptors (Lipinski definition) is 4. The minimum atomic E-state index is 0.671. The van der Waals surface area contributed by atoms with Crippen LogP contribution in [0.2, 0.25) is 0 Å². The predicted molar refractivity (Wildman–Crippen MR) is 101 cm³/mol. The molecule has 0 amide bonds. The lowest BCUT2D eigenvalue weighted by molar-refractivity contribution is 0.319. The standard InChI is InChI=1S/C20H28N2O2/c1-3-14-24-19-12-11-16(15-17(19)21)8-7-13-22-18-9-5-6-10-20(18)23-4-2/h5-6,9-12,15,22H,3-4,7-8,13-14,21H2,1-2H3. The Balaban J connectivity index is 1.81. The monoisotopic (exact) mass is 328 g/mol. The molecule has 0 fully saturated rings. The molecule has 4 heteroatoms. The molecule has 0 aliphatic rings. The Bertz CT molecular complexity index is 629. The highest BCUT2D eigenvalue weighted by Gasteiger charge is 2.03. The minimum absolute atomic E-state index is 0.671. The maximum Gasteiger partial charge on any atom is 0.142 e. The molecule has 2 rings (SSSR count). The number of aryl methyl sites for hydroxylation is 1. The number of rotatable bonds is 10. The number of hydrogen-bond donors (Lipinski definition) is 2. The number of nitrogens with two attached hydrogens (primary N) is 1. The first-order valence-electron chi connectivity index (χ1n) is 8.71. The Kier molecular flexibility index (Phi) is 7.27. The fourth-order valence-corrected chi connectivity index (χ4v) is 2.51. The maximum atomic E-state index is 6.05. The van der Waals surface area contributed by atoms with Crippen LogP contribution in [0.4, 0.5) is 11.4 Å². The molecule has 0 bridgehead atoms. The Morgan fingerprint density at radius 3 is 2.58 bits per heavy atom. The van der Waals surface area contributed by atoms with Crippen LogP contribution in [0.5, 0.6) is 11.5 Å². The van der Waals surface area contributed by atoms with Crippen LogP contribution in [-0.4, -0.2) is 19.8 Å². The van der Waals surface area contributed by atoms with Gasteiger partial charge in [0.15, 0.2) is 0 Å². The van der Waals surface area contributed by atoms with Crippen LogP contribution in [-0.2, 0) is 6.42 Å². The SMILES string of the molecule is CCCOc1ccc(CCCNc2ccccc2OCC)cc1N. The van der Waals surface area contributed by atoms with E-state index in [-0.39, 0.29) is 0 Å². The molecule has 0 spiro atoms. The molecule has 0 aliphatic heterocycles. The van der Waals surface area contributed by atoms with Gasteiger partial charge in [0, 0.05) is 6.54 Å². The van der Waals surface area contributed by atoms with Crippen molar-refractivity contribution in [2.24, 2.45) is 0 Å². The normalized spacial score (nSPS) is 10.4. The van der Waals surface area contributed by atoms with E-state index in [2.05, 4.69) is 18.3 Å². The summed E-state index contributed by atoms with van der Waals surface area (Å²) in [5, 5.41) is 3.44. The van der Waals surface area contributed by atoms with Gasteiger partial charge in [-0.15, -0.1) is 0 Å². The molecule has 2 aromatic carbocycles. The van der Waals surface area contributed by atoms with Gasteiger partial charge in [-0.05, 0) is 56.0 Å². The Hall–Kier alpha value is -2.36. The van der Waals surface area contributed by atoms with Gasteiger partial charge in [0.25, 0.3) is 0 Å². The van der Waals surface area contributed by atoms with E-state index in [0.29, 0.717) is 13.2 Å². The molecule has 0 saturated heterocycles. The Morgan fingerprint density at radius 1 is 1.00 bits per heavy atom. The highest BCUT2D eigenvalue weighted by molar-refractivity contribution is 5.56. The van der Waals surface area contributed by atoms with Gasteiger partial charge in [-0.3, -0.25) is 0 Å². The second kappa shape index (κ2) is 9.71. The van der Waals surface area contributed by atoms with Gasteiger partial charge < -0.3 is 20.5 Å². The first kappa shape index (κ1) is 18.0. The summed E-state index contributed by atoms with van der Waals surface area (Å²) >= 11 is 0. The van der Waals surface area contributed by atoms with Crippen LogP contribution in [0.3, 0.4) is 0 Å². The second-order valence-corrected chi connectivity index (χ2v) is 5.68. The summed E-state index contributed by atoms with van der Waals surface area (Å²) in [4.78, 5) is 0. The highest BCUT2D eigenvalue weighted by Crippen LogP contribution is 2.25. The summed E-state index contributed by atoms with van der Waals surface area (Å²) in [5.74, 6) is 1.69. The zero-order chi connectivity index (χ0) is 17.2. The molecular weight excluding hydrogens is 300 g/mol. The van der Waals surface area contributed by atoms with Crippen molar-refractivity contribution in [3.63, 3.8) is 0 Å². The Labute approximate surface area is 145 Å². The van der Waals surface area contributed by atoms with E-state index >= 15 is 0 Å². The van der Waals surface area contributed by atoms with Crippen LogP contribution in [0.1, 0.15) is 32.3 Å². The van der Waals surface area contributed by atoms with Crippen LogP contribution in [0, 0.1) is 0 Å². The average molecular weight is 328 g/mol. The van der Waals surface area contributed by atoms with Gasteiger partial charge in [0.2, 0.25) is 0 Å². The molecule has 2 aromatic rings. The van der Waals surface area contributed by atoms with Crippen molar-refractivity contribution in [2.75, 3.05) is 30.8 Å². The summed E-state index contributed by atoms with van der Waals surface area (Å²) in [7, 11) is 0. The minimum Gasteiger partial charge on any atom is -0.492 e. The lowest BCUT2D eigenvalue weighted by Gasteiger charge is -2.12. The third-order valence-electron chi connectivity index (χ3n) is 3.68. The van der Waals surface area contributed by atoms with E-state index in [9.17, 15) is 0 Å². The highest BCUT2D eigenvalue weighted by atomic mass is 16.5. The summed E-state index contributed by atoms with van der Waals surface area (Å²) < 4.78 is 11.2. The van der Waals surface area contributed by atoms with E-state index in [0.717, 1.165) is 48.7 Å². The molecule has 24 heavy (non-hydrogen) atoms. The van der Waals surface area contributed by atoms with Crippen LogP contribution in [0.25, 0.3) is 0 Å². The third kappa shape index (κ3) is 5.37. The zero-order valence-electron chi connectivity index (χ0n) is 14.7. The van der Waals surface area contributed by atoms with Crippen molar-refractivity contribution in [3.05, 3.63) is 48.0 Å². The molecule has 0 unspecified atom stereocenters. The molecule has 0 aliphatic carbocycles. The van der Waals surface area contributed by atoms with Gasteiger partial charge in [0.05, 0.1) is 24.6 Å². The molecule has 0 atom stereocenters. The lowest BCUT2D eigenvalue weighted by Crippen LogP contribution is -2.05. The molecule has 130 valence electrons. The molecule has 3 N–H and O–H groups in total. The molecule has 0 aromatic heterocycles. The van der Waals surface area contributed by atoms with Gasteiger partial charge in [0.1, 0.15) is 11.5 Å². The largest absolute Gasteiger partial charge is 0.492 e. The van der Waals surface area contributed by atoms with Gasteiger partial charge in [-0.25, -0.2) is 0 Å². The molecular formula is C20H28N2O2. The van der Waals surface area contributed by atoms with Crippen LogP contribution >= 0.6 is 0 Å². The zero-order valence-corrected chi connectivity index (χ0v) is 14.7. The number of anilines is 2. The fourth-order valence-electron chi connectivity index (χ4n) is 2.51. The van der Waals surface area contributed by atoms with Crippen molar-refractivity contribution in [1.29, 1.82) is 0 Å². The molecule has 4 nitrogen and oxygen atoms in total. The van der Waals surface area contributed by atoms with E-state index in [1.807, 2.05) is 43.3 Å². The maximum absolute atomic E-state index is 6.05. The van der Waals surface area contributed by atoms with E-state index < -0.39 is 0 Å². The predicted octanol–water partition coefficient (Wildman–Crippen LogP) is 4.50. The number of nitrogens with one attached hydrogen (secondary N) is 1. The van der Waals surface area contributed by atoms with Crippen molar-refractivity contribution >= 4 is 11.4 Å². The first-order valence-corrected chi connectivity index (χ1v) is 8.71. The number of nitrogen functional groups attached to an aromatic ring is 1. The second-order valence-electron chi connectivity index (χ2n) is 5.68. The summed E-state index contributed by atoms with van der Waals surface area (Å²) in [6.07, 6.45) is 2.98. The van der Waals surface area contributed by atoms with E-state index in [1.165, 1.54) is 5.56 Å². The van der Waals surface area contributed by atoms with Crippen molar-refractivity contribution in [2.45, 2.75) is 33.1 Å². The van der Waals surface area contributed by atoms with Crippen LogP contribution < -0.4 is 20.5 Å². The number of ether oxygens (including phenoxy) is 2. The molecule has 0 radical (unpaired) electrons. The number of benzene rings is 2. The molecule has 0 saturated carbocycles. The van der Waals surface area contributed by atoms with Gasteiger partial charge in [-0.1, -0.05) is 25.1 Å². The third-order valence-corrected chi connectivity index (χ3v) is 3.68. The van der Waals surface area contributed by atoms with E-state index in [4.69, 9.17) is 15.2 Å². The first-order chi connectivity index (χ1) is 11.7. The van der Waals surface area contributed by atoms with Crippen molar-refractivity contribution in [1.82, 2.24) is 0 Å². The van der Waals surface area contributed by atoms with Crippen molar-refractivity contribution in [3.8, 4) is 11.5 Å². The lowest BCUT2D eigenvalue weighted by atomic mass is 10.1. The Morgan fingerprint density at radius 2 is 1.83 bits per heavy atom. The average Bonchev–Trinajstić information content (AvgIpc) is 2.59. The summed E-state index contributed by atoms with van der Waals surface area (Å²) in [6.45, 7) is 6.34. The smallest absolute Gasteiger partial charge is 0.142 e. The van der Waals surface area contributed by atoms with Gasteiger partial charge in [-0.2, -0.15) is 0 Å². The number of para-hydroxylation sites is 2. The molecule has 0 heterocycles. The summed E-state index contributed by atoms with van der Waals surface area (Å²) in [6, 6.07) is 14.1. The van der Waals surface area contributed by atoms with Gasteiger partial charge >= 0.3 is 0 Å². The van der Waals surface area contributed by atoms with Crippen LogP contribution in [0.15, 0.2) is 42.5 Å². The van der Waals surface area contributed by atoms with Crippen molar-refractivity contribution < 1.29 is 9.47 Å². The quantitative estimate of drug-likeness (QED) is 0.498. The fraction of sp³-hybridized carbons (Fsp3) is 0.400. The summed E-state index contributed by atoms with van der Waals surface area (Å²) in [5.41, 5.74) is 9.05. The van der Waals surface area contributed by atoms with E-state index in [1.54, 1.807) is 0 Å².